The number of rotatable bonds is 6. The molecule has 0 aliphatic carbocycles. The number of benzene rings is 1. The first kappa shape index (κ1) is 20.3. The molecule has 5 nitrogen and oxygen atoms in total. The molecule has 0 amide bonds. The minimum absolute atomic E-state index is 0. The average Bonchev–Trinajstić information content (AvgIpc) is 3.20. The molecule has 0 bridgehead atoms. The predicted molar refractivity (Wildman–Crippen MR) is 114 cm³/mol. The highest BCUT2D eigenvalue weighted by Crippen LogP contribution is 2.25. The van der Waals surface area contributed by atoms with Crippen molar-refractivity contribution in [3.8, 4) is 5.75 Å². The molecule has 0 radical (unpaired) electrons. The highest BCUT2D eigenvalue weighted by atomic mass is 127. The first-order valence-electron chi connectivity index (χ1n) is 9.20. The molecular formula is C19H31IN4O. The van der Waals surface area contributed by atoms with E-state index in [4.69, 9.17) is 9.73 Å². The van der Waals surface area contributed by atoms with E-state index in [2.05, 4.69) is 47.7 Å². The van der Waals surface area contributed by atoms with Crippen LogP contribution in [0.15, 0.2) is 23.2 Å². The number of halogens is 1. The highest BCUT2D eigenvalue weighted by Gasteiger charge is 2.18. The van der Waals surface area contributed by atoms with E-state index in [0.717, 1.165) is 50.8 Å². The van der Waals surface area contributed by atoms with Crippen LogP contribution in [-0.4, -0.2) is 57.2 Å². The molecule has 6 heteroatoms. The van der Waals surface area contributed by atoms with E-state index in [9.17, 15) is 0 Å². The van der Waals surface area contributed by atoms with Gasteiger partial charge in [-0.15, -0.1) is 24.0 Å². The summed E-state index contributed by atoms with van der Waals surface area (Å²) in [6.45, 7) is 8.01. The Bertz CT molecular complexity index is 579. The summed E-state index contributed by atoms with van der Waals surface area (Å²) in [5.74, 6) is 2.70. The van der Waals surface area contributed by atoms with Crippen LogP contribution in [0.3, 0.4) is 0 Å². The third-order valence-corrected chi connectivity index (χ3v) is 4.80. The van der Waals surface area contributed by atoms with Gasteiger partial charge < -0.3 is 20.3 Å². The van der Waals surface area contributed by atoms with Gasteiger partial charge in [-0.05, 0) is 56.5 Å². The summed E-state index contributed by atoms with van der Waals surface area (Å²) >= 11 is 0. The van der Waals surface area contributed by atoms with Crippen LogP contribution in [0.1, 0.15) is 24.5 Å². The number of ether oxygens (including phenoxy) is 1. The van der Waals surface area contributed by atoms with Crippen LogP contribution in [-0.2, 0) is 12.8 Å². The first-order valence-corrected chi connectivity index (χ1v) is 9.20. The van der Waals surface area contributed by atoms with Gasteiger partial charge in [0, 0.05) is 32.6 Å². The maximum absolute atomic E-state index is 5.57. The van der Waals surface area contributed by atoms with Crippen molar-refractivity contribution in [1.82, 2.24) is 15.5 Å². The van der Waals surface area contributed by atoms with Gasteiger partial charge in [0.25, 0.3) is 0 Å². The average molecular weight is 458 g/mol. The molecule has 140 valence electrons. The zero-order valence-corrected chi connectivity index (χ0v) is 17.7. The zero-order valence-electron chi connectivity index (χ0n) is 15.4. The van der Waals surface area contributed by atoms with Crippen molar-refractivity contribution >= 4 is 29.9 Å². The van der Waals surface area contributed by atoms with Gasteiger partial charge in [-0.25, -0.2) is 0 Å². The number of likely N-dealkylation sites (tertiary alicyclic amines) is 1. The van der Waals surface area contributed by atoms with E-state index in [0.29, 0.717) is 5.92 Å². The Hall–Kier alpha value is -1.02. The number of nitrogens with zero attached hydrogens (tertiary/aromatic N) is 2. The van der Waals surface area contributed by atoms with E-state index in [-0.39, 0.29) is 24.0 Å². The van der Waals surface area contributed by atoms with Gasteiger partial charge >= 0.3 is 0 Å². The summed E-state index contributed by atoms with van der Waals surface area (Å²) in [6, 6.07) is 6.56. The quantitative estimate of drug-likeness (QED) is 0.390. The van der Waals surface area contributed by atoms with Gasteiger partial charge in [-0.3, -0.25) is 4.99 Å². The molecule has 0 aromatic heterocycles. The summed E-state index contributed by atoms with van der Waals surface area (Å²) < 4.78 is 5.57. The van der Waals surface area contributed by atoms with Gasteiger partial charge in [0.2, 0.25) is 0 Å². The Morgan fingerprint density at radius 2 is 2.24 bits per heavy atom. The summed E-state index contributed by atoms with van der Waals surface area (Å²) in [6.07, 6.45) is 3.30. The summed E-state index contributed by atoms with van der Waals surface area (Å²) in [4.78, 5) is 7.15. The fourth-order valence-electron chi connectivity index (χ4n) is 3.46. The largest absolute Gasteiger partial charge is 0.493 e. The molecular weight excluding hydrogens is 427 g/mol. The molecule has 2 heterocycles. The fourth-order valence-corrected chi connectivity index (χ4v) is 3.46. The molecule has 1 saturated heterocycles. The van der Waals surface area contributed by atoms with Crippen LogP contribution in [0.5, 0.6) is 5.75 Å². The number of aliphatic imine (C=N–C) groups is 1. The molecule has 1 aromatic rings. The Morgan fingerprint density at radius 1 is 1.36 bits per heavy atom. The Kier molecular flexibility index (Phi) is 8.29. The monoisotopic (exact) mass is 458 g/mol. The van der Waals surface area contributed by atoms with Gasteiger partial charge in [-0.2, -0.15) is 0 Å². The SMILES string of the molecule is CCNC(=NCC1CCN(C)C1)NCCc1ccc2c(c1)CCO2.I. The molecule has 3 rings (SSSR count). The lowest BCUT2D eigenvalue weighted by molar-refractivity contribution is 0.357. The van der Waals surface area contributed by atoms with Crippen molar-refractivity contribution in [1.29, 1.82) is 0 Å². The number of guanidine groups is 1. The second-order valence-corrected chi connectivity index (χ2v) is 6.85. The van der Waals surface area contributed by atoms with E-state index in [1.165, 1.54) is 30.6 Å². The minimum atomic E-state index is 0. The van der Waals surface area contributed by atoms with Crippen molar-refractivity contribution in [2.45, 2.75) is 26.2 Å². The van der Waals surface area contributed by atoms with Crippen molar-refractivity contribution < 1.29 is 4.74 Å². The lowest BCUT2D eigenvalue weighted by atomic mass is 10.1. The molecule has 1 unspecified atom stereocenters. The molecule has 0 spiro atoms. The standard InChI is InChI=1S/C19H30N4O.HI/c1-3-20-19(22-13-16-7-10-23(2)14-16)21-9-6-15-4-5-18-17(12-15)8-11-24-18;/h4-5,12,16H,3,6-11,13-14H2,1-2H3,(H2,20,21,22);1H. The maximum atomic E-state index is 5.57. The van der Waals surface area contributed by atoms with Crippen LogP contribution in [0.2, 0.25) is 0 Å². The smallest absolute Gasteiger partial charge is 0.191 e. The Labute approximate surface area is 168 Å². The van der Waals surface area contributed by atoms with Gasteiger partial charge in [0.05, 0.1) is 6.61 Å². The fraction of sp³-hybridized carbons (Fsp3) is 0.632. The lowest BCUT2D eigenvalue weighted by Crippen LogP contribution is -2.38. The van der Waals surface area contributed by atoms with Crippen molar-refractivity contribution in [3.63, 3.8) is 0 Å². The second-order valence-electron chi connectivity index (χ2n) is 6.85. The van der Waals surface area contributed by atoms with E-state index in [1.54, 1.807) is 0 Å². The van der Waals surface area contributed by atoms with Crippen molar-refractivity contribution in [3.05, 3.63) is 29.3 Å². The molecule has 1 atom stereocenters. The van der Waals surface area contributed by atoms with E-state index in [1.807, 2.05) is 0 Å². The molecule has 1 fully saturated rings. The summed E-state index contributed by atoms with van der Waals surface area (Å²) in [5, 5.41) is 6.82. The topological polar surface area (TPSA) is 48.9 Å². The zero-order chi connectivity index (χ0) is 16.8. The van der Waals surface area contributed by atoms with E-state index >= 15 is 0 Å². The third kappa shape index (κ3) is 6.02. The number of hydrogen-bond donors (Lipinski definition) is 2. The molecule has 2 aliphatic rings. The third-order valence-electron chi connectivity index (χ3n) is 4.80. The van der Waals surface area contributed by atoms with Gasteiger partial charge in [0.15, 0.2) is 5.96 Å². The highest BCUT2D eigenvalue weighted by molar-refractivity contribution is 14.0. The lowest BCUT2D eigenvalue weighted by Gasteiger charge is -2.13. The summed E-state index contributed by atoms with van der Waals surface area (Å²) in [7, 11) is 2.19. The normalized spacial score (nSPS) is 19.9. The van der Waals surface area contributed by atoms with Crippen LogP contribution in [0.25, 0.3) is 0 Å². The first-order chi connectivity index (χ1) is 11.7. The molecule has 25 heavy (non-hydrogen) atoms. The van der Waals surface area contributed by atoms with Gasteiger partial charge in [-0.1, -0.05) is 12.1 Å². The van der Waals surface area contributed by atoms with E-state index < -0.39 is 0 Å². The Morgan fingerprint density at radius 3 is 3.00 bits per heavy atom. The molecule has 2 N–H and O–H groups in total. The number of nitrogens with one attached hydrogen (secondary N) is 2. The Balaban J connectivity index is 0.00000225. The second kappa shape index (κ2) is 10.2. The molecule has 0 saturated carbocycles. The van der Waals surface area contributed by atoms with Crippen LogP contribution in [0, 0.1) is 5.92 Å². The maximum Gasteiger partial charge on any atom is 0.191 e. The van der Waals surface area contributed by atoms with Crippen molar-refractivity contribution in [2.75, 3.05) is 46.4 Å². The number of hydrogen-bond acceptors (Lipinski definition) is 3. The predicted octanol–water partition coefficient (Wildman–Crippen LogP) is 2.29. The van der Waals surface area contributed by atoms with Crippen LogP contribution < -0.4 is 15.4 Å². The van der Waals surface area contributed by atoms with Crippen LogP contribution >= 0.6 is 24.0 Å². The molecule has 1 aromatic carbocycles. The summed E-state index contributed by atoms with van der Waals surface area (Å²) in [5.41, 5.74) is 2.71. The van der Waals surface area contributed by atoms with Crippen LogP contribution in [0.4, 0.5) is 0 Å². The van der Waals surface area contributed by atoms with Gasteiger partial charge in [0.1, 0.15) is 5.75 Å². The molecule has 2 aliphatic heterocycles. The number of fused-ring (bicyclic) bond motifs is 1. The van der Waals surface area contributed by atoms with Crippen molar-refractivity contribution in [2.24, 2.45) is 10.9 Å². The minimum Gasteiger partial charge on any atom is -0.493 e.